The zero-order valence-corrected chi connectivity index (χ0v) is 13.7. The molecule has 3 aromatic rings. The lowest BCUT2D eigenvalue weighted by Gasteiger charge is -2.10. The molecule has 0 unspecified atom stereocenters. The van der Waals surface area contributed by atoms with Crippen LogP contribution < -0.4 is 5.73 Å². The number of aromatic hydroxyl groups is 1. The van der Waals surface area contributed by atoms with E-state index in [1.807, 2.05) is 12.1 Å². The Hall–Kier alpha value is -2.30. The molecule has 1 heterocycles. The van der Waals surface area contributed by atoms with E-state index < -0.39 is 0 Å². The monoisotopic (exact) mass is 345 g/mol. The summed E-state index contributed by atoms with van der Waals surface area (Å²) in [6.45, 7) is 0. The van der Waals surface area contributed by atoms with Crippen molar-refractivity contribution < 1.29 is 5.11 Å². The average molecular weight is 346 g/mol. The Balaban J connectivity index is 2.27. The quantitative estimate of drug-likeness (QED) is 0.538. The highest BCUT2D eigenvalue weighted by Gasteiger charge is 2.12. The van der Waals surface area contributed by atoms with Crippen molar-refractivity contribution in [3.8, 4) is 17.0 Å². The van der Waals surface area contributed by atoms with E-state index in [2.05, 4.69) is 9.98 Å². The van der Waals surface area contributed by atoms with Crippen molar-refractivity contribution in [3.63, 3.8) is 0 Å². The normalized spacial score (nSPS) is 11.9. The molecule has 116 valence electrons. The first-order chi connectivity index (χ1) is 11.0. The summed E-state index contributed by atoms with van der Waals surface area (Å²) in [4.78, 5) is 8.32. The fourth-order valence-electron chi connectivity index (χ4n) is 2.41. The first kappa shape index (κ1) is 15.6. The van der Waals surface area contributed by atoms with Crippen molar-refractivity contribution in [2.75, 3.05) is 7.05 Å². The molecule has 0 radical (unpaired) electrons. The molecule has 1 aromatic heterocycles. The molecule has 0 bridgehead atoms. The average Bonchev–Trinajstić information content (AvgIpc) is 2.55. The second-order valence-corrected chi connectivity index (χ2v) is 5.80. The topological polar surface area (TPSA) is 71.5 Å². The van der Waals surface area contributed by atoms with Crippen LogP contribution in [0.2, 0.25) is 10.0 Å². The van der Waals surface area contributed by atoms with Crippen LogP contribution in [0.15, 0.2) is 47.6 Å². The van der Waals surface area contributed by atoms with Crippen LogP contribution in [-0.2, 0) is 0 Å². The van der Waals surface area contributed by atoms with Crippen LogP contribution in [0.4, 0.5) is 0 Å². The summed E-state index contributed by atoms with van der Waals surface area (Å²) in [6, 6.07) is 10.6. The molecular formula is C17H13Cl2N3O. The molecule has 3 N–H and O–H groups in total. The van der Waals surface area contributed by atoms with Gasteiger partial charge in [-0.1, -0.05) is 29.3 Å². The highest BCUT2D eigenvalue weighted by molar-refractivity contribution is 6.42. The maximum absolute atomic E-state index is 10.2. The van der Waals surface area contributed by atoms with Crippen molar-refractivity contribution in [1.82, 2.24) is 4.98 Å². The van der Waals surface area contributed by atoms with Crippen molar-refractivity contribution >= 4 is 39.8 Å². The molecule has 0 aliphatic carbocycles. The number of aromatic nitrogens is 1. The second kappa shape index (κ2) is 6.07. The Morgan fingerprint density at radius 2 is 1.91 bits per heavy atom. The summed E-state index contributed by atoms with van der Waals surface area (Å²) in [5.74, 6) is 0.326. The van der Waals surface area contributed by atoms with Crippen LogP contribution in [0.25, 0.3) is 22.0 Å². The highest BCUT2D eigenvalue weighted by atomic mass is 35.5. The molecule has 4 nitrogen and oxygen atoms in total. The first-order valence-electron chi connectivity index (χ1n) is 6.81. The summed E-state index contributed by atoms with van der Waals surface area (Å²) in [6.07, 6.45) is 1.69. The number of phenols is 1. The van der Waals surface area contributed by atoms with Gasteiger partial charge in [0.1, 0.15) is 11.6 Å². The molecule has 23 heavy (non-hydrogen) atoms. The van der Waals surface area contributed by atoms with Crippen LogP contribution in [-0.4, -0.2) is 23.0 Å². The Morgan fingerprint density at radius 1 is 1.13 bits per heavy atom. The molecule has 0 saturated carbocycles. The molecule has 6 heteroatoms. The fraction of sp³-hybridized carbons (Fsp3) is 0.0588. The molecule has 0 aliphatic heterocycles. The molecule has 0 spiro atoms. The number of phenolic OH excluding ortho intramolecular Hbond substituents is 1. The minimum Gasteiger partial charge on any atom is -0.507 e. The van der Waals surface area contributed by atoms with E-state index in [0.29, 0.717) is 21.3 Å². The van der Waals surface area contributed by atoms with Gasteiger partial charge in [-0.15, -0.1) is 0 Å². The fourth-order valence-corrected chi connectivity index (χ4v) is 2.71. The molecule has 0 saturated heterocycles. The largest absolute Gasteiger partial charge is 0.507 e. The summed E-state index contributed by atoms with van der Waals surface area (Å²) in [7, 11) is 1.58. The predicted molar refractivity (Wildman–Crippen MR) is 95.5 cm³/mol. The van der Waals surface area contributed by atoms with Gasteiger partial charge in [0.2, 0.25) is 0 Å². The molecule has 3 rings (SSSR count). The summed E-state index contributed by atoms with van der Waals surface area (Å²) < 4.78 is 0. The van der Waals surface area contributed by atoms with Crippen molar-refractivity contribution in [2.24, 2.45) is 10.7 Å². The van der Waals surface area contributed by atoms with Gasteiger partial charge in [0.25, 0.3) is 0 Å². The number of pyridine rings is 1. The maximum Gasteiger partial charge on any atom is 0.129 e. The SMILES string of the molecule is CN=C(N)c1cc2ccnc(-c3ccc(Cl)c(Cl)c3)c2cc1O. The Kier molecular flexibility index (Phi) is 4.11. The van der Waals surface area contributed by atoms with Gasteiger partial charge in [-0.25, -0.2) is 0 Å². The van der Waals surface area contributed by atoms with E-state index >= 15 is 0 Å². The van der Waals surface area contributed by atoms with E-state index in [4.69, 9.17) is 28.9 Å². The number of halogens is 2. The molecule has 0 amide bonds. The number of nitrogens with zero attached hydrogens (tertiary/aromatic N) is 2. The van der Waals surface area contributed by atoms with Gasteiger partial charge in [-0.05, 0) is 35.7 Å². The number of nitrogens with two attached hydrogens (primary N) is 1. The van der Waals surface area contributed by atoms with Crippen LogP contribution in [0.3, 0.4) is 0 Å². The van der Waals surface area contributed by atoms with E-state index in [1.165, 1.54) is 0 Å². The highest BCUT2D eigenvalue weighted by Crippen LogP contribution is 2.34. The zero-order valence-electron chi connectivity index (χ0n) is 12.2. The molecule has 0 aliphatic rings. The Labute approximate surface area is 143 Å². The summed E-state index contributed by atoms with van der Waals surface area (Å²) >= 11 is 12.1. The van der Waals surface area contributed by atoms with Gasteiger partial charge in [0.15, 0.2) is 0 Å². The lowest BCUT2D eigenvalue weighted by Crippen LogP contribution is -2.13. The number of benzene rings is 2. The van der Waals surface area contributed by atoms with Gasteiger partial charge < -0.3 is 10.8 Å². The van der Waals surface area contributed by atoms with Gasteiger partial charge in [-0.2, -0.15) is 0 Å². The zero-order chi connectivity index (χ0) is 16.6. The number of hydrogen-bond donors (Lipinski definition) is 2. The van der Waals surface area contributed by atoms with Crippen LogP contribution >= 0.6 is 23.2 Å². The standard InChI is InChI=1S/C17H13Cl2N3O/c1-21-17(20)12-6-9-4-5-22-16(11(9)8-15(12)23)10-2-3-13(18)14(19)7-10/h2-8,23H,1H3,(H2,20,21). The third-order valence-electron chi connectivity index (χ3n) is 3.59. The van der Waals surface area contributed by atoms with Crippen molar-refractivity contribution in [2.45, 2.75) is 0 Å². The number of rotatable bonds is 2. The minimum atomic E-state index is 0.0508. The van der Waals surface area contributed by atoms with Gasteiger partial charge in [-0.3, -0.25) is 9.98 Å². The van der Waals surface area contributed by atoms with E-state index in [-0.39, 0.29) is 11.6 Å². The Morgan fingerprint density at radius 3 is 2.61 bits per heavy atom. The van der Waals surface area contributed by atoms with Crippen molar-refractivity contribution in [1.29, 1.82) is 0 Å². The van der Waals surface area contributed by atoms with Crippen molar-refractivity contribution in [3.05, 3.63) is 58.2 Å². The number of amidine groups is 1. The smallest absolute Gasteiger partial charge is 0.129 e. The number of fused-ring (bicyclic) bond motifs is 1. The molecular weight excluding hydrogens is 333 g/mol. The van der Waals surface area contributed by atoms with Gasteiger partial charge >= 0.3 is 0 Å². The Bertz CT molecular complexity index is 939. The summed E-state index contributed by atoms with van der Waals surface area (Å²) in [5.41, 5.74) is 7.82. The van der Waals surface area contributed by atoms with Crippen LogP contribution in [0.5, 0.6) is 5.75 Å². The maximum atomic E-state index is 10.2. The predicted octanol–water partition coefficient (Wildman–Crippen LogP) is 4.25. The third-order valence-corrected chi connectivity index (χ3v) is 4.33. The van der Waals surface area contributed by atoms with E-state index in [9.17, 15) is 5.11 Å². The third kappa shape index (κ3) is 2.83. The molecule has 0 atom stereocenters. The number of hydrogen-bond acceptors (Lipinski definition) is 3. The van der Waals surface area contributed by atoms with Gasteiger partial charge in [0, 0.05) is 24.2 Å². The lowest BCUT2D eigenvalue weighted by atomic mass is 10.0. The van der Waals surface area contributed by atoms with Gasteiger partial charge in [0.05, 0.1) is 21.3 Å². The lowest BCUT2D eigenvalue weighted by molar-refractivity contribution is 0.475. The van der Waals surface area contributed by atoms with Crippen LogP contribution in [0.1, 0.15) is 5.56 Å². The molecule has 2 aromatic carbocycles. The van der Waals surface area contributed by atoms with E-state index in [0.717, 1.165) is 16.3 Å². The van der Waals surface area contributed by atoms with E-state index in [1.54, 1.807) is 37.5 Å². The number of aliphatic imine (C=N–C) groups is 1. The van der Waals surface area contributed by atoms with Crippen LogP contribution in [0, 0.1) is 0 Å². The minimum absolute atomic E-state index is 0.0508. The molecule has 0 fully saturated rings. The first-order valence-corrected chi connectivity index (χ1v) is 7.56. The second-order valence-electron chi connectivity index (χ2n) is 4.99. The summed E-state index contributed by atoms with van der Waals surface area (Å²) in [5, 5.41) is 12.9.